The van der Waals surface area contributed by atoms with Gasteiger partial charge in [0.25, 0.3) is 0 Å². The molecule has 2 rings (SSSR count). The normalized spacial score (nSPS) is 18.9. The molecule has 1 fully saturated rings. The maximum Gasteiger partial charge on any atom is 0.242 e. The molecule has 0 radical (unpaired) electrons. The number of halogens is 1. The minimum absolute atomic E-state index is 0.183. The predicted octanol–water partition coefficient (Wildman–Crippen LogP) is 1.58. The van der Waals surface area contributed by atoms with Crippen molar-refractivity contribution < 1.29 is 18.3 Å². The maximum atomic E-state index is 12.5. The smallest absolute Gasteiger partial charge is 0.242 e. The van der Waals surface area contributed by atoms with Crippen LogP contribution in [0.1, 0.15) is 18.4 Å². The standard InChI is InChI=1S/C13H18BrNO4S/c1-10-2-3-12(11(14)8-10)20(17,18)15-13(9-16)4-6-19-7-5-13/h2-3,8,15-16H,4-7,9H2,1H3. The Labute approximate surface area is 127 Å². The Kier molecular flexibility index (Phi) is 4.86. The van der Waals surface area contributed by atoms with Gasteiger partial charge < -0.3 is 9.84 Å². The number of sulfonamides is 1. The van der Waals surface area contributed by atoms with E-state index in [0.717, 1.165) is 5.56 Å². The minimum Gasteiger partial charge on any atom is -0.394 e. The molecule has 2 N–H and O–H groups in total. The molecule has 0 amide bonds. The van der Waals surface area contributed by atoms with Gasteiger partial charge in [-0.25, -0.2) is 13.1 Å². The Balaban J connectivity index is 2.30. The topological polar surface area (TPSA) is 75.6 Å². The van der Waals surface area contributed by atoms with Crippen LogP contribution >= 0.6 is 15.9 Å². The molecule has 1 aliphatic heterocycles. The van der Waals surface area contributed by atoms with Crippen LogP contribution in [0.4, 0.5) is 0 Å². The Bertz CT molecular complexity index is 582. The number of nitrogens with one attached hydrogen (secondary N) is 1. The van der Waals surface area contributed by atoms with Crippen LogP contribution in [0.5, 0.6) is 0 Å². The van der Waals surface area contributed by atoms with Gasteiger partial charge in [0.2, 0.25) is 10.0 Å². The Hall–Kier alpha value is -0.470. The van der Waals surface area contributed by atoms with Gasteiger partial charge in [-0.05, 0) is 53.4 Å². The van der Waals surface area contributed by atoms with Gasteiger partial charge in [0.15, 0.2) is 0 Å². The van der Waals surface area contributed by atoms with Crippen LogP contribution in [0.25, 0.3) is 0 Å². The number of hydrogen-bond donors (Lipinski definition) is 2. The summed E-state index contributed by atoms with van der Waals surface area (Å²) >= 11 is 3.28. The van der Waals surface area contributed by atoms with Crippen molar-refractivity contribution in [1.29, 1.82) is 0 Å². The van der Waals surface area contributed by atoms with Crippen molar-refractivity contribution in [3.63, 3.8) is 0 Å². The van der Waals surface area contributed by atoms with E-state index in [9.17, 15) is 13.5 Å². The first kappa shape index (κ1) is 15.9. The molecule has 5 nitrogen and oxygen atoms in total. The average molecular weight is 364 g/mol. The molecule has 0 aliphatic carbocycles. The van der Waals surface area contributed by atoms with Crippen LogP contribution < -0.4 is 4.72 Å². The number of aliphatic hydroxyl groups excluding tert-OH is 1. The molecule has 1 heterocycles. The van der Waals surface area contributed by atoms with Crippen molar-refractivity contribution in [3.8, 4) is 0 Å². The molecular formula is C13H18BrNO4S. The summed E-state index contributed by atoms with van der Waals surface area (Å²) in [5.74, 6) is 0. The Morgan fingerprint density at radius 2 is 2.05 bits per heavy atom. The Morgan fingerprint density at radius 3 is 2.60 bits per heavy atom. The lowest BCUT2D eigenvalue weighted by molar-refractivity contribution is 0.0223. The third-order valence-electron chi connectivity index (χ3n) is 3.48. The molecule has 0 atom stereocenters. The molecule has 1 aromatic rings. The van der Waals surface area contributed by atoms with Gasteiger partial charge in [0, 0.05) is 17.7 Å². The molecule has 20 heavy (non-hydrogen) atoms. The summed E-state index contributed by atoms with van der Waals surface area (Å²) in [6.45, 7) is 2.54. The van der Waals surface area contributed by atoms with E-state index in [-0.39, 0.29) is 11.5 Å². The first-order valence-corrected chi connectivity index (χ1v) is 8.65. The SMILES string of the molecule is Cc1ccc(S(=O)(=O)NC2(CO)CCOCC2)c(Br)c1. The van der Waals surface area contributed by atoms with Crippen molar-refractivity contribution in [2.24, 2.45) is 0 Å². The minimum atomic E-state index is -3.69. The molecule has 1 aliphatic rings. The van der Waals surface area contributed by atoms with Crippen molar-refractivity contribution >= 4 is 26.0 Å². The van der Waals surface area contributed by atoms with Gasteiger partial charge in [-0.1, -0.05) is 6.07 Å². The van der Waals surface area contributed by atoms with Crippen molar-refractivity contribution in [2.45, 2.75) is 30.2 Å². The number of hydrogen-bond acceptors (Lipinski definition) is 4. The van der Waals surface area contributed by atoms with E-state index in [4.69, 9.17) is 4.74 Å². The zero-order chi connectivity index (χ0) is 14.8. The lowest BCUT2D eigenvalue weighted by atomic mass is 9.93. The van der Waals surface area contributed by atoms with Crippen molar-refractivity contribution in [2.75, 3.05) is 19.8 Å². The van der Waals surface area contributed by atoms with Gasteiger partial charge in [-0.15, -0.1) is 0 Å². The van der Waals surface area contributed by atoms with E-state index in [1.807, 2.05) is 6.92 Å². The van der Waals surface area contributed by atoms with Gasteiger partial charge in [0.05, 0.1) is 17.0 Å². The summed E-state index contributed by atoms with van der Waals surface area (Å²) < 4.78 is 33.4. The largest absolute Gasteiger partial charge is 0.394 e. The molecule has 0 saturated carbocycles. The molecule has 0 bridgehead atoms. The van der Waals surface area contributed by atoms with Crippen LogP contribution in [0.2, 0.25) is 0 Å². The number of benzene rings is 1. The third-order valence-corrected chi connectivity index (χ3v) is 6.04. The molecule has 0 aromatic heterocycles. The zero-order valence-electron chi connectivity index (χ0n) is 11.2. The van der Waals surface area contributed by atoms with Crippen LogP contribution in [-0.4, -0.2) is 38.9 Å². The molecule has 0 spiro atoms. The summed E-state index contributed by atoms with van der Waals surface area (Å²) in [5, 5.41) is 9.57. The Morgan fingerprint density at radius 1 is 1.40 bits per heavy atom. The summed E-state index contributed by atoms with van der Waals surface area (Å²) in [7, 11) is -3.69. The number of rotatable bonds is 4. The summed E-state index contributed by atoms with van der Waals surface area (Å²) in [5.41, 5.74) is 0.139. The van der Waals surface area contributed by atoms with Crippen molar-refractivity contribution in [1.82, 2.24) is 4.72 Å². The molecular weight excluding hydrogens is 346 g/mol. The highest BCUT2D eigenvalue weighted by Crippen LogP contribution is 2.27. The number of ether oxygens (including phenoxy) is 1. The van der Waals surface area contributed by atoms with E-state index in [0.29, 0.717) is 30.5 Å². The molecule has 1 aromatic carbocycles. The van der Waals surface area contributed by atoms with E-state index in [1.165, 1.54) is 0 Å². The van der Waals surface area contributed by atoms with Crippen LogP contribution in [0.3, 0.4) is 0 Å². The van der Waals surface area contributed by atoms with Gasteiger partial charge in [0.1, 0.15) is 0 Å². The number of aryl methyl sites for hydroxylation is 1. The average Bonchev–Trinajstić information content (AvgIpc) is 2.38. The fourth-order valence-corrected chi connectivity index (χ4v) is 4.86. The highest BCUT2D eigenvalue weighted by Gasteiger charge is 2.37. The fraction of sp³-hybridized carbons (Fsp3) is 0.538. The highest BCUT2D eigenvalue weighted by molar-refractivity contribution is 9.10. The van der Waals surface area contributed by atoms with Crippen LogP contribution in [-0.2, 0) is 14.8 Å². The predicted molar refractivity (Wildman–Crippen MR) is 79.1 cm³/mol. The molecule has 112 valence electrons. The monoisotopic (exact) mass is 363 g/mol. The maximum absolute atomic E-state index is 12.5. The highest BCUT2D eigenvalue weighted by atomic mass is 79.9. The lowest BCUT2D eigenvalue weighted by Gasteiger charge is -2.35. The van der Waals surface area contributed by atoms with Gasteiger partial charge in [-0.2, -0.15) is 0 Å². The second-order valence-corrected chi connectivity index (χ2v) is 7.60. The van der Waals surface area contributed by atoms with Gasteiger partial charge in [-0.3, -0.25) is 0 Å². The first-order chi connectivity index (χ1) is 9.38. The second kappa shape index (κ2) is 6.11. The molecule has 7 heteroatoms. The van der Waals surface area contributed by atoms with E-state index >= 15 is 0 Å². The van der Waals surface area contributed by atoms with Gasteiger partial charge >= 0.3 is 0 Å². The van der Waals surface area contributed by atoms with E-state index in [2.05, 4.69) is 20.7 Å². The first-order valence-electron chi connectivity index (χ1n) is 6.37. The summed E-state index contributed by atoms with van der Waals surface area (Å²) in [4.78, 5) is 0.183. The van der Waals surface area contributed by atoms with E-state index in [1.54, 1.807) is 18.2 Å². The zero-order valence-corrected chi connectivity index (χ0v) is 13.6. The molecule has 0 unspecified atom stereocenters. The van der Waals surface area contributed by atoms with Crippen LogP contribution in [0.15, 0.2) is 27.6 Å². The molecule has 1 saturated heterocycles. The number of aliphatic hydroxyl groups is 1. The fourth-order valence-electron chi connectivity index (χ4n) is 2.22. The second-order valence-electron chi connectivity index (χ2n) is 5.09. The third kappa shape index (κ3) is 3.40. The van der Waals surface area contributed by atoms with Crippen molar-refractivity contribution in [3.05, 3.63) is 28.2 Å². The summed E-state index contributed by atoms with van der Waals surface area (Å²) in [6.07, 6.45) is 0.929. The summed E-state index contributed by atoms with van der Waals surface area (Å²) in [6, 6.07) is 5.06. The lowest BCUT2D eigenvalue weighted by Crippen LogP contribution is -2.54. The van der Waals surface area contributed by atoms with Crippen LogP contribution in [0, 0.1) is 6.92 Å². The quantitative estimate of drug-likeness (QED) is 0.851. The van der Waals surface area contributed by atoms with E-state index < -0.39 is 15.6 Å².